The number of ether oxygens (including phenoxy) is 1. The fourth-order valence-electron chi connectivity index (χ4n) is 2.47. The zero-order valence-corrected chi connectivity index (χ0v) is 15.9. The third-order valence-electron chi connectivity index (χ3n) is 3.76. The summed E-state index contributed by atoms with van der Waals surface area (Å²) in [6.45, 7) is -0.222. The first-order valence-corrected chi connectivity index (χ1v) is 9.05. The van der Waals surface area contributed by atoms with Gasteiger partial charge in [0.25, 0.3) is 11.8 Å². The Balaban J connectivity index is 1.57. The lowest BCUT2D eigenvalue weighted by molar-refractivity contribution is -0.123. The van der Waals surface area contributed by atoms with Crippen LogP contribution in [0.5, 0.6) is 5.75 Å². The topological polar surface area (TPSA) is 67.4 Å². The number of hydrogen-bond acceptors (Lipinski definition) is 3. The van der Waals surface area contributed by atoms with Crippen LogP contribution >= 0.6 is 15.9 Å². The lowest BCUT2D eigenvalue weighted by Crippen LogP contribution is -2.43. The molecule has 2 N–H and O–H groups in total. The molecule has 0 bridgehead atoms. The average molecular weight is 425 g/mol. The fraction of sp³-hybridized carbons (Fsp3) is 0.0476. The van der Waals surface area contributed by atoms with Crippen LogP contribution in [0.3, 0.4) is 0 Å². The number of hydrazine groups is 1. The Labute approximate surface area is 165 Å². The van der Waals surface area contributed by atoms with E-state index >= 15 is 0 Å². The molecule has 5 nitrogen and oxygen atoms in total. The van der Waals surface area contributed by atoms with E-state index in [0.717, 1.165) is 11.1 Å². The molecule has 27 heavy (non-hydrogen) atoms. The van der Waals surface area contributed by atoms with Gasteiger partial charge in [-0.2, -0.15) is 0 Å². The fourth-order valence-corrected chi connectivity index (χ4v) is 2.93. The van der Waals surface area contributed by atoms with Crippen LogP contribution in [0.4, 0.5) is 0 Å². The SMILES string of the molecule is O=C(COc1ccccc1-c1ccccc1)NNC(=O)c1ccccc1Br. The van der Waals surface area contributed by atoms with E-state index in [0.29, 0.717) is 15.8 Å². The van der Waals surface area contributed by atoms with Crippen molar-refractivity contribution in [2.75, 3.05) is 6.61 Å². The monoisotopic (exact) mass is 424 g/mol. The molecular weight excluding hydrogens is 408 g/mol. The van der Waals surface area contributed by atoms with E-state index in [1.54, 1.807) is 30.3 Å². The molecule has 0 spiro atoms. The van der Waals surface area contributed by atoms with E-state index < -0.39 is 11.8 Å². The zero-order valence-electron chi connectivity index (χ0n) is 14.3. The lowest BCUT2D eigenvalue weighted by atomic mass is 10.1. The molecule has 0 saturated heterocycles. The van der Waals surface area contributed by atoms with Gasteiger partial charge >= 0.3 is 0 Å². The van der Waals surface area contributed by atoms with Gasteiger partial charge in [-0.3, -0.25) is 20.4 Å². The van der Waals surface area contributed by atoms with Crippen molar-refractivity contribution >= 4 is 27.7 Å². The molecule has 136 valence electrons. The van der Waals surface area contributed by atoms with Crippen molar-refractivity contribution in [1.29, 1.82) is 0 Å². The average Bonchev–Trinajstić information content (AvgIpc) is 2.71. The Hall–Kier alpha value is -3.12. The summed E-state index contributed by atoms with van der Waals surface area (Å²) in [5.41, 5.74) is 7.04. The number of nitrogens with one attached hydrogen (secondary N) is 2. The van der Waals surface area contributed by atoms with Crippen molar-refractivity contribution < 1.29 is 14.3 Å². The van der Waals surface area contributed by atoms with Gasteiger partial charge in [0.05, 0.1) is 5.56 Å². The molecule has 0 saturated carbocycles. The normalized spacial score (nSPS) is 10.1. The molecule has 2 amide bonds. The third-order valence-corrected chi connectivity index (χ3v) is 4.46. The van der Waals surface area contributed by atoms with Gasteiger partial charge in [-0.15, -0.1) is 0 Å². The molecule has 0 atom stereocenters. The Morgan fingerprint density at radius 1 is 0.815 bits per heavy atom. The Kier molecular flexibility index (Phi) is 6.22. The van der Waals surface area contributed by atoms with Crippen LogP contribution in [-0.2, 0) is 4.79 Å². The maximum absolute atomic E-state index is 12.1. The van der Waals surface area contributed by atoms with Gasteiger partial charge in [-0.05, 0) is 39.7 Å². The number of carbonyl (C=O) groups excluding carboxylic acids is 2. The molecule has 0 fully saturated rings. The molecule has 3 aromatic carbocycles. The Morgan fingerprint density at radius 3 is 2.26 bits per heavy atom. The number of carbonyl (C=O) groups is 2. The minimum absolute atomic E-state index is 0.222. The molecule has 0 heterocycles. The molecule has 0 unspecified atom stereocenters. The maximum Gasteiger partial charge on any atom is 0.276 e. The zero-order chi connectivity index (χ0) is 19.1. The maximum atomic E-state index is 12.1. The van der Waals surface area contributed by atoms with Crippen LogP contribution in [0.25, 0.3) is 11.1 Å². The van der Waals surface area contributed by atoms with Gasteiger partial charge in [-0.1, -0.05) is 60.7 Å². The summed E-state index contributed by atoms with van der Waals surface area (Å²) in [7, 11) is 0. The van der Waals surface area contributed by atoms with Gasteiger partial charge in [0.1, 0.15) is 5.75 Å². The number of hydrogen-bond donors (Lipinski definition) is 2. The highest BCUT2D eigenvalue weighted by molar-refractivity contribution is 9.10. The van der Waals surface area contributed by atoms with E-state index in [4.69, 9.17) is 4.74 Å². The number of amides is 2. The lowest BCUT2D eigenvalue weighted by Gasteiger charge is -2.12. The van der Waals surface area contributed by atoms with E-state index in [1.807, 2.05) is 48.5 Å². The molecule has 0 radical (unpaired) electrons. The summed E-state index contributed by atoms with van der Waals surface area (Å²) < 4.78 is 6.29. The number of halogens is 1. The van der Waals surface area contributed by atoms with Gasteiger partial charge in [-0.25, -0.2) is 0 Å². The van der Waals surface area contributed by atoms with Crippen LogP contribution in [-0.4, -0.2) is 18.4 Å². The molecule has 0 aliphatic carbocycles. The van der Waals surface area contributed by atoms with E-state index in [-0.39, 0.29) is 6.61 Å². The number of para-hydroxylation sites is 1. The van der Waals surface area contributed by atoms with Crippen LogP contribution in [0.2, 0.25) is 0 Å². The summed E-state index contributed by atoms with van der Waals surface area (Å²) in [4.78, 5) is 24.1. The van der Waals surface area contributed by atoms with Crippen molar-refractivity contribution in [3.05, 3.63) is 88.9 Å². The van der Waals surface area contributed by atoms with Gasteiger partial charge in [0.2, 0.25) is 0 Å². The summed E-state index contributed by atoms with van der Waals surface area (Å²) >= 11 is 3.30. The molecule has 3 rings (SSSR count). The Morgan fingerprint density at radius 2 is 1.48 bits per heavy atom. The predicted octanol–water partition coefficient (Wildman–Crippen LogP) is 3.96. The molecule has 0 aliphatic rings. The molecule has 0 aromatic heterocycles. The van der Waals surface area contributed by atoms with E-state index in [9.17, 15) is 9.59 Å². The van der Waals surface area contributed by atoms with Gasteiger partial charge in [0.15, 0.2) is 6.61 Å². The number of benzene rings is 3. The first kappa shape index (κ1) is 18.7. The van der Waals surface area contributed by atoms with Crippen molar-refractivity contribution in [2.45, 2.75) is 0 Å². The smallest absolute Gasteiger partial charge is 0.276 e. The van der Waals surface area contributed by atoms with Crippen molar-refractivity contribution in [2.24, 2.45) is 0 Å². The standard InChI is InChI=1S/C21H17BrN2O3/c22-18-12-6-4-11-17(18)21(26)24-23-20(25)14-27-19-13-7-5-10-16(19)15-8-2-1-3-9-15/h1-13H,14H2,(H,23,25)(H,24,26). The highest BCUT2D eigenvalue weighted by Gasteiger charge is 2.11. The molecule has 6 heteroatoms. The molecular formula is C21H17BrN2O3. The first-order chi connectivity index (χ1) is 13.1. The Bertz CT molecular complexity index is 945. The summed E-state index contributed by atoms with van der Waals surface area (Å²) in [5, 5.41) is 0. The molecule has 0 aliphatic heterocycles. The van der Waals surface area contributed by atoms with Crippen LogP contribution in [0.1, 0.15) is 10.4 Å². The summed E-state index contributed by atoms with van der Waals surface area (Å²) in [6, 6.07) is 24.2. The summed E-state index contributed by atoms with van der Waals surface area (Å²) in [5.74, 6) is -0.283. The predicted molar refractivity (Wildman–Crippen MR) is 107 cm³/mol. The minimum atomic E-state index is -0.460. The van der Waals surface area contributed by atoms with Crippen LogP contribution in [0, 0.1) is 0 Å². The summed E-state index contributed by atoms with van der Waals surface area (Å²) in [6.07, 6.45) is 0. The van der Waals surface area contributed by atoms with Crippen LogP contribution in [0.15, 0.2) is 83.3 Å². The van der Waals surface area contributed by atoms with E-state index in [1.165, 1.54) is 0 Å². The second-order valence-corrected chi connectivity index (χ2v) is 6.49. The second kappa shape index (κ2) is 9.00. The van der Waals surface area contributed by atoms with Gasteiger partial charge < -0.3 is 4.74 Å². The second-order valence-electron chi connectivity index (χ2n) is 5.63. The minimum Gasteiger partial charge on any atom is -0.483 e. The molecule has 3 aromatic rings. The first-order valence-electron chi connectivity index (χ1n) is 8.26. The van der Waals surface area contributed by atoms with Crippen molar-refractivity contribution in [3.8, 4) is 16.9 Å². The highest BCUT2D eigenvalue weighted by Crippen LogP contribution is 2.29. The number of rotatable bonds is 5. The highest BCUT2D eigenvalue weighted by atomic mass is 79.9. The van der Waals surface area contributed by atoms with Crippen molar-refractivity contribution in [3.63, 3.8) is 0 Å². The van der Waals surface area contributed by atoms with Crippen molar-refractivity contribution in [1.82, 2.24) is 10.9 Å². The van der Waals surface area contributed by atoms with Gasteiger partial charge in [0, 0.05) is 10.0 Å². The van der Waals surface area contributed by atoms with E-state index in [2.05, 4.69) is 26.8 Å². The quantitative estimate of drug-likeness (QED) is 0.609. The van der Waals surface area contributed by atoms with Crippen LogP contribution < -0.4 is 15.6 Å². The largest absolute Gasteiger partial charge is 0.483 e. The third kappa shape index (κ3) is 4.95.